The topological polar surface area (TPSA) is 130 Å². The fourth-order valence-corrected chi connectivity index (χ4v) is 3.97. The van der Waals surface area contributed by atoms with Gasteiger partial charge in [-0.15, -0.1) is 0 Å². The van der Waals surface area contributed by atoms with Crippen LogP contribution in [0.3, 0.4) is 0 Å². The fourth-order valence-electron chi connectivity index (χ4n) is 3.97. The van der Waals surface area contributed by atoms with Gasteiger partial charge in [-0.2, -0.15) is 0 Å². The van der Waals surface area contributed by atoms with Crippen LogP contribution < -0.4 is 10.2 Å². The lowest BCUT2D eigenvalue weighted by Gasteiger charge is -2.17. The van der Waals surface area contributed by atoms with E-state index in [1.807, 2.05) is 12.1 Å². The fraction of sp³-hybridized carbons (Fsp3) is 0.241. The van der Waals surface area contributed by atoms with Gasteiger partial charge in [0.2, 0.25) is 5.75 Å². The van der Waals surface area contributed by atoms with Crippen molar-refractivity contribution in [3.63, 3.8) is 0 Å². The molecule has 0 bridgehead atoms. The highest BCUT2D eigenvalue weighted by Gasteiger charge is 2.17. The first-order chi connectivity index (χ1) is 18.3. The van der Waals surface area contributed by atoms with Crippen molar-refractivity contribution in [2.45, 2.75) is 20.4 Å². The minimum atomic E-state index is -0.784. The van der Waals surface area contributed by atoms with E-state index in [4.69, 9.17) is 13.9 Å². The zero-order valence-corrected chi connectivity index (χ0v) is 21.1. The predicted molar refractivity (Wildman–Crippen MR) is 142 cm³/mol. The lowest BCUT2D eigenvalue weighted by Crippen LogP contribution is -2.22. The van der Waals surface area contributed by atoms with Gasteiger partial charge in [0.05, 0.1) is 5.56 Å². The lowest BCUT2D eigenvalue weighted by molar-refractivity contribution is 0.0450. The minimum Gasteiger partial charge on any atom is -0.504 e. The summed E-state index contributed by atoms with van der Waals surface area (Å²) in [5, 5.41) is 29.1. The number of esters is 1. The van der Waals surface area contributed by atoms with Crippen LogP contribution in [-0.2, 0) is 11.3 Å². The van der Waals surface area contributed by atoms with Crippen LogP contribution in [0.5, 0.6) is 23.0 Å². The molecule has 0 unspecified atom stereocenters. The molecule has 1 aromatic heterocycles. The van der Waals surface area contributed by atoms with E-state index in [-0.39, 0.29) is 29.9 Å². The average molecular weight is 520 g/mol. The van der Waals surface area contributed by atoms with Crippen LogP contribution in [0.4, 0.5) is 0 Å². The third kappa shape index (κ3) is 5.90. The number of ether oxygens (including phenoxy) is 2. The molecule has 0 aliphatic rings. The minimum absolute atomic E-state index is 0.0685. The third-order valence-electron chi connectivity index (χ3n) is 6.16. The van der Waals surface area contributed by atoms with Crippen LogP contribution in [0, 0.1) is 0 Å². The largest absolute Gasteiger partial charge is 0.504 e. The van der Waals surface area contributed by atoms with Gasteiger partial charge in [-0.05, 0) is 55.1 Å². The van der Waals surface area contributed by atoms with E-state index < -0.39 is 28.6 Å². The number of carbonyl (C=O) groups is 1. The van der Waals surface area contributed by atoms with E-state index in [1.165, 1.54) is 6.07 Å². The Morgan fingerprint density at radius 2 is 1.58 bits per heavy atom. The molecule has 3 aromatic carbocycles. The second-order valence-corrected chi connectivity index (χ2v) is 8.61. The second kappa shape index (κ2) is 11.7. The second-order valence-electron chi connectivity index (χ2n) is 8.61. The first kappa shape index (κ1) is 26.6. The maximum absolute atomic E-state index is 12.5. The Morgan fingerprint density at radius 1 is 0.895 bits per heavy atom. The normalized spacial score (nSPS) is 11.1. The predicted octanol–water partition coefficient (Wildman–Crippen LogP) is 4.65. The van der Waals surface area contributed by atoms with Crippen molar-refractivity contribution in [1.82, 2.24) is 4.90 Å². The summed E-state index contributed by atoms with van der Waals surface area (Å²) >= 11 is 0. The van der Waals surface area contributed by atoms with Gasteiger partial charge in [-0.25, -0.2) is 4.79 Å². The maximum atomic E-state index is 12.5. The van der Waals surface area contributed by atoms with Gasteiger partial charge in [0.1, 0.15) is 35.7 Å². The molecule has 0 saturated heterocycles. The summed E-state index contributed by atoms with van der Waals surface area (Å²) in [6.07, 6.45) is 0. The van der Waals surface area contributed by atoms with E-state index in [0.29, 0.717) is 16.9 Å². The highest BCUT2D eigenvalue weighted by molar-refractivity contribution is 5.90. The standard InChI is InChI=1S/C29H29NO8/c1-3-30(4-2)17-18-5-7-20(8-6-18)29(35)37-14-13-36-21-11-9-19(10-12-21)24-15-22(31)26-25(38-24)16-23(32)27(33)28(26)34/h5-12,15-16,32-34H,3-4,13-14,17H2,1-2H3. The molecule has 4 rings (SSSR count). The van der Waals surface area contributed by atoms with Crippen molar-refractivity contribution in [3.05, 3.63) is 82.0 Å². The molecule has 0 radical (unpaired) electrons. The molecule has 0 amide bonds. The summed E-state index contributed by atoms with van der Waals surface area (Å²) in [6, 6.07) is 16.3. The lowest BCUT2D eigenvalue weighted by atomic mass is 10.1. The number of carbonyl (C=O) groups excluding carboxylic acids is 1. The third-order valence-corrected chi connectivity index (χ3v) is 6.16. The van der Waals surface area contributed by atoms with Crippen LogP contribution in [-0.4, -0.2) is 52.5 Å². The first-order valence-corrected chi connectivity index (χ1v) is 12.2. The van der Waals surface area contributed by atoms with E-state index in [2.05, 4.69) is 18.7 Å². The Bertz CT molecular complexity index is 1470. The van der Waals surface area contributed by atoms with Crippen molar-refractivity contribution in [1.29, 1.82) is 0 Å². The molecular weight excluding hydrogens is 490 g/mol. The van der Waals surface area contributed by atoms with Gasteiger partial charge in [0.25, 0.3) is 0 Å². The van der Waals surface area contributed by atoms with Gasteiger partial charge in [-0.1, -0.05) is 26.0 Å². The SMILES string of the molecule is CCN(CC)Cc1ccc(C(=O)OCCOc2ccc(-c3cc(=O)c4c(O)c(O)c(O)cc4o3)cc2)cc1. The van der Waals surface area contributed by atoms with E-state index in [0.717, 1.165) is 31.3 Å². The molecule has 0 spiro atoms. The Kier molecular flexibility index (Phi) is 8.18. The van der Waals surface area contributed by atoms with Crippen molar-refractivity contribution < 1.29 is 34.0 Å². The van der Waals surface area contributed by atoms with Crippen LogP contribution in [0.2, 0.25) is 0 Å². The number of aromatic hydroxyl groups is 3. The number of benzene rings is 3. The number of fused-ring (bicyclic) bond motifs is 1. The molecule has 0 aliphatic carbocycles. The molecule has 1 heterocycles. The Labute approximate surface area is 219 Å². The number of nitrogens with zero attached hydrogens (tertiary/aromatic N) is 1. The average Bonchev–Trinajstić information content (AvgIpc) is 2.93. The van der Waals surface area contributed by atoms with Gasteiger partial charge in [0.15, 0.2) is 16.9 Å². The number of hydrogen-bond acceptors (Lipinski definition) is 9. The molecule has 0 saturated carbocycles. The highest BCUT2D eigenvalue weighted by Crippen LogP contribution is 2.40. The van der Waals surface area contributed by atoms with Crippen molar-refractivity contribution >= 4 is 16.9 Å². The van der Waals surface area contributed by atoms with Crippen LogP contribution in [0.1, 0.15) is 29.8 Å². The van der Waals surface area contributed by atoms with Crippen molar-refractivity contribution in [2.75, 3.05) is 26.3 Å². The van der Waals surface area contributed by atoms with Crippen LogP contribution in [0.15, 0.2) is 69.9 Å². The van der Waals surface area contributed by atoms with Crippen molar-refractivity contribution in [2.24, 2.45) is 0 Å². The Hall–Kier alpha value is -4.50. The zero-order chi connectivity index (χ0) is 27.2. The summed E-state index contributed by atoms with van der Waals surface area (Å²) in [5.41, 5.74) is 1.52. The first-order valence-electron chi connectivity index (χ1n) is 12.2. The molecule has 9 heteroatoms. The monoisotopic (exact) mass is 519 g/mol. The van der Waals surface area contributed by atoms with Gasteiger partial charge in [0, 0.05) is 24.2 Å². The smallest absolute Gasteiger partial charge is 0.338 e. The Morgan fingerprint density at radius 3 is 2.24 bits per heavy atom. The summed E-state index contributed by atoms with van der Waals surface area (Å²) < 4.78 is 16.6. The molecule has 9 nitrogen and oxygen atoms in total. The maximum Gasteiger partial charge on any atom is 0.338 e. The summed E-state index contributed by atoms with van der Waals surface area (Å²) in [7, 11) is 0. The number of rotatable bonds is 10. The molecule has 198 valence electrons. The summed E-state index contributed by atoms with van der Waals surface area (Å²) in [6.45, 7) is 7.21. The quantitative estimate of drug-likeness (QED) is 0.156. The van der Waals surface area contributed by atoms with E-state index in [9.17, 15) is 24.9 Å². The van der Waals surface area contributed by atoms with Gasteiger partial charge in [-0.3, -0.25) is 9.69 Å². The molecule has 3 N–H and O–H groups in total. The molecule has 38 heavy (non-hydrogen) atoms. The summed E-state index contributed by atoms with van der Waals surface area (Å²) in [5.74, 6) is -1.82. The highest BCUT2D eigenvalue weighted by atomic mass is 16.6. The number of phenolic OH excluding ortho intramolecular Hbond substituents is 3. The molecule has 0 fully saturated rings. The summed E-state index contributed by atoms with van der Waals surface area (Å²) in [4.78, 5) is 27.1. The van der Waals surface area contributed by atoms with Crippen LogP contribution in [0.25, 0.3) is 22.3 Å². The van der Waals surface area contributed by atoms with Gasteiger partial charge >= 0.3 is 5.97 Å². The number of hydrogen-bond donors (Lipinski definition) is 3. The molecular formula is C29H29NO8. The zero-order valence-electron chi connectivity index (χ0n) is 21.1. The van der Waals surface area contributed by atoms with E-state index >= 15 is 0 Å². The Balaban J connectivity index is 1.32. The number of phenols is 3. The van der Waals surface area contributed by atoms with Crippen LogP contribution >= 0.6 is 0 Å². The van der Waals surface area contributed by atoms with Gasteiger partial charge < -0.3 is 29.2 Å². The van der Waals surface area contributed by atoms with E-state index in [1.54, 1.807) is 36.4 Å². The van der Waals surface area contributed by atoms with Crippen molar-refractivity contribution in [3.8, 4) is 34.3 Å². The molecule has 0 aliphatic heterocycles. The molecule has 4 aromatic rings. The molecule has 0 atom stereocenters.